The second-order valence-electron chi connectivity index (χ2n) is 5.57. The zero-order chi connectivity index (χ0) is 16.2. The smallest absolute Gasteiger partial charge is 0.231 e. The van der Waals surface area contributed by atoms with Gasteiger partial charge in [-0.1, -0.05) is 6.07 Å². The van der Waals surface area contributed by atoms with E-state index in [0.29, 0.717) is 19.6 Å². The quantitative estimate of drug-likeness (QED) is 0.925. The number of pyridine rings is 2. The number of aromatic nitrogens is 2. The first kappa shape index (κ1) is 15.1. The van der Waals surface area contributed by atoms with Crippen LogP contribution in [0.15, 0.2) is 42.9 Å². The molecule has 0 aliphatic carbocycles. The summed E-state index contributed by atoms with van der Waals surface area (Å²) in [5, 5.41) is 2.92. The number of fused-ring (bicyclic) bond motifs is 1. The van der Waals surface area contributed by atoms with Gasteiger partial charge in [0.15, 0.2) is 0 Å². The van der Waals surface area contributed by atoms with Gasteiger partial charge in [0, 0.05) is 45.1 Å². The first-order valence-electron chi connectivity index (χ1n) is 7.51. The molecule has 0 aromatic carbocycles. The second kappa shape index (κ2) is 6.56. The average Bonchev–Trinajstić information content (AvgIpc) is 2.59. The number of amides is 2. The predicted octanol–water partition coefficient (Wildman–Crippen LogP) is 1.24. The zero-order valence-electron chi connectivity index (χ0n) is 12.9. The summed E-state index contributed by atoms with van der Waals surface area (Å²) in [6.07, 6.45) is 5.07. The number of rotatable bonds is 3. The standard InChI is InChI=1S/C17H18N4O2/c1-12(22)21-10-14-3-2-6-19-16(14)15(11-21)17(23)20-9-13-4-7-18-8-5-13/h2-8,15H,9-11H2,1H3,(H,20,23). The summed E-state index contributed by atoms with van der Waals surface area (Å²) >= 11 is 0. The molecule has 6 heteroatoms. The Bertz CT molecular complexity index is 718. The summed E-state index contributed by atoms with van der Waals surface area (Å²) in [6, 6.07) is 7.46. The highest BCUT2D eigenvalue weighted by atomic mass is 16.2. The summed E-state index contributed by atoms with van der Waals surface area (Å²) in [4.78, 5) is 34.3. The van der Waals surface area contributed by atoms with Gasteiger partial charge in [-0.3, -0.25) is 19.6 Å². The van der Waals surface area contributed by atoms with Gasteiger partial charge in [-0.2, -0.15) is 0 Å². The van der Waals surface area contributed by atoms with Gasteiger partial charge in [0.05, 0.1) is 11.6 Å². The van der Waals surface area contributed by atoms with Gasteiger partial charge in [-0.05, 0) is 29.3 Å². The molecule has 0 radical (unpaired) electrons. The van der Waals surface area contributed by atoms with Crippen LogP contribution in [-0.4, -0.2) is 33.2 Å². The molecule has 1 unspecified atom stereocenters. The van der Waals surface area contributed by atoms with Gasteiger partial charge in [0.2, 0.25) is 11.8 Å². The minimum absolute atomic E-state index is 0.0357. The van der Waals surface area contributed by atoms with E-state index in [1.54, 1.807) is 23.5 Å². The lowest BCUT2D eigenvalue weighted by atomic mass is 9.93. The normalized spacial score (nSPS) is 16.6. The number of hydrogen-bond acceptors (Lipinski definition) is 4. The molecule has 0 saturated heterocycles. The van der Waals surface area contributed by atoms with Gasteiger partial charge < -0.3 is 10.2 Å². The molecule has 0 fully saturated rings. The number of nitrogens with one attached hydrogen (secondary N) is 1. The molecule has 6 nitrogen and oxygen atoms in total. The topological polar surface area (TPSA) is 75.2 Å². The van der Waals surface area contributed by atoms with E-state index in [1.165, 1.54) is 6.92 Å². The molecule has 3 rings (SSSR count). The maximum absolute atomic E-state index is 12.6. The lowest BCUT2D eigenvalue weighted by Crippen LogP contribution is -2.43. The summed E-state index contributed by atoms with van der Waals surface area (Å²) < 4.78 is 0. The van der Waals surface area contributed by atoms with Crippen LogP contribution < -0.4 is 5.32 Å². The van der Waals surface area contributed by atoms with Crippen LogP contribution >= 0.6 is 0 Å². The number of carbonyl (C=O) groups is 2. The van der Waals surface area contributed by atoms with Crippen LogP contribution in [0.1, 0.15) is 29.7 Å². The van der Waals surface area contributed by atoms with Gasteiger partial charge in [0.25, 0.3) is 0 Å². The van der Waals surface area contributed by atoms with E-state index in [2.05, 4.69) is 15.3 Å². The Morgan fingerprint density at radius 3 is 2.78 bits per heavy atom. The van der Waals surface area contributed by atoms with Gasteiger partial charge in [-0.25, -0.2) is 0 Å². The predicted molar refractivity (Wildman–Crippen MR) is 84.2 cm³/mol. The Kier molecular flexibility index (Phi) is 4.32. The van der Waals surface area contributed by atoms with E-state index in [0.717, 1.165) is 16.8 Å². The Hall–Kier alpha value is -2.76. The van der Waals surface area contributed by atoms with E-state index >= 15 is 0 Å². The maximum Gasteiger partial charge on any atom is 0.231 e. The molecule has 2 aromatic rings. The highest BCUT2D eigenvalue weighted by Crippen LogP contribution is 2.26. The molecule has 0 bridgehead atoms. The minimum Gasteiger partial charge on any atom is -0.351 e. The van der Waals surface area contributed by atoms with Crippen LogP contribution in [0.2, 0.25) is 0 Å². The molecule has 1 N–H and O–H groups in total. The summed E-state index contributed by atoms with van der Waals surface area (Å²) in [6.45, 7) is 2.82. The monoisotopic (exact) mass is 310 g/mol. The molecule has 2 amide bonds. The van der Waals surface area contributed by atoms with Crippen molar-refractivity contribution >= 4 is 11.8 Å². The molecule has 0 spiro atoms. The highest BCUT2D eigenvalue weighted by Gasteiger charge is 2.32. The van der Waals surface area contributed by atoms with E-state index in [9.17, 15) is 9.59 Å². The molecule has 1 aliphatic rings. The van der Waals surface area contributed by atoms with E-state index in [-0.39, 0.29) is 11.8 Å². The van der Waals surface area contributed by atoms with Crippen molar-refractivity contribution in [2.24, 2.45) is 0 Å². The maximum atomic E-state index is 12.6. The molecule has 0 saturated carbocycles. The fraction of sp³-hybridized carbons (Fsp3) is 0.294. The van der Waals surface area contributed by atoms with Crippen molar-refractivity contribution in [1.82, 2.24) is 20.2 Å². The van der Waals surface area contributed by atoms with Crippen LogP contribution in [0.4, 0.5) is 0 Å². The van der Waals surface area contributed by atoms with Crippen molar-refractivity contribution in [2.45, 2.75) is 25.9 Å². The van der Waals surface area contributed by atoms with Gasteiger partial charge in [0.1, 0.15) is 0 Å². The van der Waals surface area contributed by atoms with E-state index < -0.39 is 5.92 Å². The van der Waals surface area contributed by atoms with Crippen LogP contribution in [0, 0.1) is 0 Å². The molecular formula is C17H18N4O2. The summed E-state index contributed by atoms with van der Waals surface area (Å²) in [5.41, 5.74) is 2.67. The van der Waals surface area contributed by atoms with Crippen molar-refractivity contribution in [1.29, 1.82) is 0 Å². The fourth-order valence-electron chi connectivity index (χ4n) is 2.74. The first-order valence-corrected chi connectivity index (χ1v) is 7.51. The SMILES string of the molecule is CC(=O)N1Cc2cccnc2C(C(=O)NCc2ccncc2)C1. The molecule has 1 aliphatic heterocycles. The molecule has 118 valence electrons. The fourth-order valence-corrected chi connectivity index (χ4v) is 2.74. The van der Waals surface area contributed by atoms with Crippen molar-refractivity contribution in [3.63, 3.8) is 0 Å². The van der Waals surface area contributed by atoms with Crippen LogP contribution in [0.25, 0.3) is 0 Å². The average molecular weight is 310 g/mol. The molecule has 3 heterocycles. The van der Waals surface area contributed by atoms with Crippen molar-refractivity contribution < 1.29 is 9.59 Å². The van der Waals surface area contributed by atoms with Crippen molar-refractivity contribution in [3.8, 4) is 0 Å². The third kappa shape index (κ3) is 3.36. The molecule has 2 aromatic heterocycles. The van der Waals surface area contributed by atoms with Gasteiger partial charge >= 0.3 is 0 Å². The molecular weight excluding hydrogens is 292 g/mol. The third-order valence-electron chi connectivity index (χ3n) is 4.00. The third-order valence-corrected chi connectivity index (χ3v) is 4.00. The van der Waals surface area contributed by atoms with Crippen LogP contribution in [0.3, 0.4) is 0 Å². The van der Waals surface area contributed by atoms with Crippen LogP contribution in [-0.2, 0) is 22.7 Å². The highest BCUT2D eigenvalue weighted by molar-refractivity contribution is 5.85. The Morgan fingerprint density at radius 1 is 1.26 bits per heavy atom. The molecule has 23 heavy (non-hydrogen) atoms. The van der Waals surface area contributed by atoms with Crippen molar-refractivity contribution in [3.05, 3.63) is 59.7 Å². The number of nitrogens with zero attached hydrogens (tertiary/aromatic N) is 3. The zero-order valence-corrected chi connectivity index (χ0v) is 12.9. The first-order chi connectivity index (χ1) is 11.1. The Morgan fingerprint density at radius 2 is 2.04 bits per heavy atom. The van der Waals surface area contributed by atoms with Crippen LogP contribution in [0.5, 0.6) is 0 Å². The summed E-state index contributed by atoms with van der Waals surface area (Å²) in [7, 11) is 0. The largest absolute Gasteiger partial charge is 0.351 e. The Labute approximate surface area is 134 Å². The lowest BCUT2D eigenvalue weighted by molar-refractivity contribution is -0.131. The second-order valence-corrected chi connectivity index (χ2v) is 5.57. The van der Waals surface area contributed by atoms with Gasteiger partial charge in [-0.15, -0.1) is 0 Å². The summed E-state index contributed by atoms with van der Waals surface area (Å²) in [5.74, 6) is -0.593. The van der Waals surface area contributed by atoms with Crippen molar-refractivity contribution in [2.75, 3.05) is 6.54 Å². The minimum atomic E-state index is -0.439. The lowest BCUT2D eigenvalue weighted by Gasteiger charge is -2.32. The number of hydrogen-bond donors (Lipinski definition) is 1. The van der Waals surface area contributed by atoms with E-state index in [1.807, 2.05) is 24.3 Å². The Balaban J connectivity index is 1.77. The van der Waals surface area contributed by atoms with E-state index in [4.69, 9.17) is 0 Å². The molecule has 1 atom stereocenters. The number of carbonyl (C=O) groups excluding carboxylic acids is 2.